The first-order valence-corrected chi connectivity index (χ1v) is 7.50. The van der Waals surface area contributed by atoms with Crippen molar-refractivity contribution in [3.63, 3.8) is 0 Å². The average molecular weight is 282 g/mol. The first kappa shape index (κ1) is 14.3. The van der Waals surface area contributed by atoms with Crippen molar-refractivity contribution in [2.75, 3.05) is 20.3 Å². The molecule has 0 N–H and O–H groups in total. The molecule has 3 rings (SSSR count). The van der Waals surface area contributed by atoms with Gasteiger partial charge in [0.05, 0.1) is 13.6 Å². The van der Waals surface area contributed by atoms with Crippen molar-refractivity contribution in [2.24, 2.45) is 0 Å². The Morgan fingerprint density at radius 1 is 1.00 bits per heavy atom. The molecule has 1 aliphatic heterocycles. The fourth-order valence-electron chi connectivity index (χ4n) is 3.14. The second kappa shape index (κ2) is 5.98. The Morgan fingerprint density at radius 2 is 1.57 bits per heavy atom. The van der Waals surface area contributed by atoms with Crippen molar-refractivity contribution >= 4 is 0 Å². The smallest absolute Gasteiger partial charge is 0.135 e. The van der Waals surface area contributed by atoms with E-state index in [2.05, 4.69) is 41.3 Å². The van der Waals surface area contributed by atoms with Crippen LogP contribution in [0.4, 0.5) is 0 Å². The van der Waals surface area contributed by atoms with E-state index in [4.69, 9.17) is 0 Å². The Hall–Kier alpha value is -1.68. The molecule has 0 amide bonds. The molecule has 2 aromatic rings. The van der Waals surface area contributed by atoms with E-state index in [9.17, 15) is 5.21 Å². The van der Waals surface area contributed by atoms with E-state index in [0.717, 1.165) is 19.5 Å². The summed E-state index contributed by atoms with van der Waals surface area (Å²) in [7, 11) is 1.80. The maximum absolute atomic E-state index is 12.7. The summed E-state index contributed by atoms with van der Waals surface area (Å²) in [4.78, 5) is 2.27. The van der Waals surface area contributed by atoms with Gasteiger partial charge in [-0.3, -0.25) is 0 Å². The Labute approximate surface area is 126 Å². The van der Waals surface area contributed by atoms with Gasteiger partial charge in [0.25, 0.3) is 0 Å². The van der Waals surface area contributed by atoms with Crippen LogP contribution in [-0.4, -0.2) is 35.8 Å². The minimum atomic E-state index is -0.165. The Kier molecular flexibility index (Phi) is 4.06. The molecule has 21 heavy (non-hydrogen) atoms. The molecule has 1 fully saturated rings. The van der Waals surface area contributed by atoms with Crippen molar-refractivity contribution in [3.05, 3.63) is 77.0 Å². The summed E-state index contributed by atoms with van der Waals surface area (Å²) in [6, 6.07) is 20.8. The van der Waals surface area contributed by atoms with Crippen LogP contribution in [0.3, 0.4) is 0 Å². The third kappa shape index (κ3) is 3.50. The summed E-state index contributed by atoms with van der Waals surface area (Å²) in [6.45, 7) is 2.30. The molecule has 2 unspecified atom stereocenters. The number of hydrogen-bond acceptors (Lipinski definition) is 2. The quantitative estimate of drug-likeness (QED) is 0.636. The van der Waals surface area contributed by atoms with Gasteiger partial charge in [-0.1, -0.05) is 60.7 Å². The lowest BCUT2D eigenvalue weighted by Gasteiger charge is -2.39. The largest absolute Gasteiger partial charge is 0.632 e. The first-order valence-electron chi connectivity index (χ1n) is 7.50. The standard InChI is InChI=1S/C18H22N2O/c1-20(21)15-19(13-17-10-6-3-7-11-17)14-18(20)12-16-8-4-2-5-9-16/h2-11,18H,12-15H2,1H3. The third-order valence-corrected chi connectivity index (χ3v) is 4.29. The molecule has 3 nitrogen and oxygen atoms in total. The number of hydrogen-bond donors (Lipinski definition) is 0. The minimum absolute atomic E-state index is 0.121. The second-order valence-corrected chi connectivity index (χ2v) is 6.16. The van der Waals surface area contributed by atoms with Gasteiger partial charge in [0.15, 0.2) is 0 Å². The van der Waals surface area contributed by atoms with Crippen molar-refractivity contribution in [2.45, 2.75) is 19.0 Å². The van der Waals surface area contributed by atoms with E-state index in [1.54, 1.807) is 7.05 Å². The highest BCUT2D eigenvalue weighted by molar-refractivity contribution is 5.17. The molecular weight excluding hydrogens is 260 g/mol. The van der Waals surface area contributed by atoms with Gasteiger partial charge in [0, 0.05) is 13.0 Å². The van der Waals surface area contributed by atoms with Crippen molar-refractivity contribution in [3.8, 4) is 0 Å². The summed E-state index contributed by atoms with van der Waals surface area (Å²) >= 11 is 0. The van der Waals surface area contributed by atoms with E-state index in [1.165, 1.54) is 11.1 Å². The number of rotatable bonds is 4. The lowest BCUT2D eigenvalue weighted by molar-refractivity contribution is -0.876. The van der Waals surface area contributed by atoms with Crippen LogP contribution in [0.1, 0.15) is 11.1 Å². The first-order chi connectivity index (χ1) is 10.1. The summed E-state index contributed by atoms with van der Waals surface area (Å²) in [5.74, 6) is 0. The van der Waals surface area contributed by atoms with E-state index in [1.807, 2.05) is 24.3 Å². The van der Waals surface area contributed by atoms with Gasteiger partial charge in [-0.2, -0.15) is 0 Å². The van der Waals surface area contributed by atoms with E-state index >= 15 is 0 Å². The number of nitrogens with zero attached hydrogens (tertiary/aromatic N) is 2. The molecule has 0 aromatic heterocycles. The highest BCUT2D eigenvalue weighted by Gasteiger charge is 2.36. The Morgan fingerprint density at radius 3 is 2.19 bits per heavy atom. The second-order valence-electron chi connectivity index (χ2n) is 6.16. The molecular formula is C18H22N2O. The molecule has 110 valence electrons. The molecule has 1 saturated heterocycles. The van der Waals surface area contributed by atoms with Crippen LogP contribution in [0.2, 0.25) is 0 Å². The SMILES string of the molecule is C[N+]1([O-])CN(Cc2ccccc2)CC1Cc1ccccc1. The van der Waals surface area contributed by atoms with Crippen LogP contribution >= 0.6 is 0 Å². The molecule has 1 aliphatic rings. The lowest BCUT2D eigenvalue weighted by Crippen LogP contribution is -2.44. The topological polar surface area (TPSA) is 26.3 Å². The normalized spacial score (nSPS) is 26.1. The van der Waals surface area contributed by atoms with Gasteiger partial charge < -0.3 is 9.85 Å². The molecule has 0 spiro atoms. The summed E-state index contributed by atoms with van der Waals surface area (Å²) in [5, 5.41) is 12.7. The molecule has 2 aromatic carbocycles. The highest BCUT2D eigenvalue weighted by atomic mass is 16.6. The Balaban J connectivity index is 1.66. The minimum Gasteiger partial charge on any atom is -0.632 e. The number of quaternary nitrogens is 1. The maximum atomic E-state index is 12.7. The van der Waals surface area contributed by atoms with Gasteiger partial charge in [-0.25, -0.2) is 4.90 Å². The van der Waals surface area contributed by atoms with Crippen LogP contribution < -0.4 is 0 Å². The van der Waals surface area contributed by atoms with Crippen LogP contribution in [0, 0.1) is 5.21 Å². The van der Waals surface area contributed by atoms with Gasteiger partial charge in [0.2, 0.25) is 0 Å². The van der Waals surface area contributed by atoms with Gasteiger partial charge in [-0.05, 0) is 11.1 Å². The fourth-order valence-corrected chi connectivity index (χ4v) is 3.14. The molecule has 0 aliphatic carbocycles. The van der Waals surface area contributed by atoms with Crippen molar-refractivity contribution in [1.82, 2.24) is 4.90 Å². The van der Waals surface area contributed by atoms with Crippen LogP contribution in [0.25, 0.3) is 0 Å². The fraction of sp³-hybridized carbons (Fsp3) is 0.333. The zero-order valence-corrected chi connectivity index (χ0v) is 12.5. The Bertz CT molecular complexity index is 568. The van der Waals surface area contributed by atoms with Gasteiger partial charge >= 0.3 is 0 Å². The average Bonchev–Trinajstić information content (AvgIpc) is 2.75. The summed E-state index contributed by atoms with van der Waals surface area (Å²) in [5.41, 5.74) is 2.53. The van der Waals surface area contributed by atoms with Gasteiger partial charge in [0.1, 0.15) is 12.7 Å². The predicted molar refractivity (Wildman–Crippen MR) is 85.2 cm³/mol. The molecule has 0 radical (unpaired) electrons. The molecule has 1 heterocycles. The third-order valence-electron chi connectivity index (χ3n) is 4.29. The monoisotopic (exact) mass is 282 g/mol. The number of likely N-dealkylation sites (N-methyl/N-ethyl adjacent to an activating group) is 1. The zero-order chi connectivity index (χ0) is 14.7. The lowest BCUT2D eigenvalue weighted by atomic mass is 10.1. The highest BCUT2D eigenvalue weighted by Crippen LogP contribution is 2.24. The zero-order valence-electron chi connectivity index (χ0n) is 12.5. The maximum Gasteiger partial charge on any atom is 0.135 e. The van der Waals surface area contributed by atoms with E-state index < -0.39 is 0 Å². The van der Waals surface area contributed by atoms with Crippen LogP contribution in [0.15, 0.2) is 60.7 Å². The number of hydroxylamine groups is 3. The van der Waals surface area contributed by atoms with Crippen LogP contribution in [0.5, 0.6) is 0 Å². The van der Waals surface area contributed by atoms with Crippen molar-refractivity contribution < 1.29 is 4.65 Å². The molecule has 0 bridgehead atoms. The summed E-state index contributed by atoms with van der Waals surface area (Å²) < 4.78 is -0.165. The summed E-state index contributed by atoms with van der Waals surface area (Å²) in [6.07, 6.45) is 0.853. The molecule has 3 heteroatoms. The number of benzene rings is 2. The van der Waals surface area contributed by atoms with E-state index in [-0.39, 0.29) is 10.7 Å². The van der Waals surface area contributed by atoms with Crippen LogP contribution in [-0.2, 0) is 13.0 Å². The van der Waals surface area contributed by atoms with E-state index in [0.29, 0.717) is 6.67 Å². The predicted octanol–water partition coefficient (Wildman–Crippen LogP) is 3.02. The molecule has 0 saturated carbocycles. The van der Waals surface area contributed by atoms with Gasteiger partial charge in [-0.15, -0.1) is 0 Å². The molecule has 2 atom stereocenters. The van der Waals surface area contributed by atoms with Crippen molar-refractivity contribution in [1.29, 1.82) is 0 Å².